The van der Waals surface area contributed by atoms with Crippen molar-refractivity contribution in [2.75, 3.05) is 0 Å². The van der Waals surface area contributed by atoms with E-state index in [1.165, 1.54) is 12.8 Å². The normalized spacial score (nSPS) is 53.4. The summed E-state index contributed by atoms with van der Waals surface area (Å²) in [5.41, 5.74) is 1.67. The highest BCUT2D eigenvalue weighted by molar-refractivity contribution is 5.15. The van der Waals surface area contributed by atoms with E-state index in [2.05, 4.69) is 19.9 Å². The van der Waals surface area contributed by atoms with Crippen molar-refractivity contribution in [3.05, 3.63) is 11.6 Å². The lowest BCUT2D eigenvalue weighted by Gasteiger charge is -2.38. The molecule has 2 bridgehead atoms. The molecule has 0 aromatic carbocycles. The average molecular weight is 176 g/mol. The summed E-state index contributed by atoms with van der Waals surface area (Å²) in [5.74, 6) is 5.22. The summed E-state index contributed by atoms with van der Waals surface area (Å²) in [7, 11) is 0. The molecule has 0 spiro atoms. The zero-order chi connectivity index (χ0) is 9.00. The topological polar surface area (TPSA) is 0 Å². The Morgan fingerprint density at radius 3 is 2.85 bits per heavy atom. The standard InChI is InChI=1S/C13H20/c1-8-5-9(2)13-11-4-3-10(7-11)12(13)6-8/h6,9-13H,3-5,7H2,1-2H3. The number of fused-ring (bicyclic) bond motifs is 5. The Morgan fingerprint density at radius 1 is 1.23 bits per heavy atom. The molecule has 13 heavy (non-hydrogen) atoms. The maximum Gasteiger partial charge on any atom is -0.0169 e. The van der Waals surface area contributed by atoms with Gasteiger partial charge in [-0.05, 0) is 62.2 Å². The van der Waals surface area contributed by atoms with E-state index in [1.807, 2.05) is 0 Å². The maximum atomic E-state index is 2.62. The van der Waals surface area contributed by atoms with Crippen LogP contribution >= 0.6 is 0 Å². The molecule has 0 saturated heterocycles. The van der Waals surface area contributed by atoms with E-state index in [0.29, 0.717) is 0 Å². The van der Waals surface area contributed by atoms with Crippen molar-refractivity contribution in [1.29, 1.82) is 0 Å². The van der Waals surface area contributed by atoms with Crippen LogP contribution in [0.15, 0.2) is 11.6 Å². The van der Waals surface area contributed by atoms with E-state index >= 15 is 0 Å². The Morgan fingerprint density at radius 2 is 2.00 bits per heavy atom. The molecule has 0 heterocycles. The van der Waals surface area contributed by atoms with E-state index < -0.39 is 0 Å². The maximum absolute atomic E-state index is 2.62. The minimum absolute atomic E-state index is 0.977. The Bertz CT molecular complexity index is 251. The Kier molecular flexibility index (Phi) is 1.63. The van der Waals surface area contributed by atoms with Gasteiger partial charge >= 0.3 is 0 Å². The van der Waals surface area contributed by atoms with E-state index in [-0.39, 0.29) is 0 Å². The predicted molar refractivity (Wildman–Crippen MR) is 55.3 cm³/mol. The van der Waals surface area contributed by atoms with Crippen LogP contribution in [0.2, 0.25) is 0 Å². The first-order chi connectivity index (χ1) is 6.25. The third-order valence-corrected chi connectivity index (χ3v) is 4.82. The second-order valence-corrected chi connectivity index (χ2v) is 5.68. The lowest BCUT2D eigenvalue weighted by molar-refractivity contribution is 0.176. The molecule has 0 aliphatic heterocycles. The lowest BCUT2D eigenvalue weighted by atomic mass is 9.67. The van der Waals surface area contributed by atoms with Crippen LogP contribution in [0, 0.1) is 29.6 Å². The first-order valence-corrected chi connectivity index (χ1v) is 5.93. The first-order valence-electron chi connectivity index (χ1n) is 5.93. The average Bonchev–Trinajstić information content (AvgIpc) is 2.62. The van der Waals surface area contributed by atoms with Gasteiger partial charge in [-0.3, -0.25) is 0 Å². The molecular formula is C13H20. The molecule has 3 rings (SSSR count). The molecule has 0 nitrogen and oxygen atoms in total. The number of hydrogen-bond acceptors (Lipinski definition) is 0. The van der Waals surface area contributed by atoms with Gasteiger partial charge in [-0.15, -0.1) is 0 Å². The molecule has 72 valence electrons. The SMILES string of the molecule is CC1=CC2C3CCC(C3)C2C(C)C1. The quantitative estimate of drug-likeness (QED) is 0.494. The minimum atomic E-state index is 0.977. The molecule has 3 aliphatic carbocycles. The fourth-order valence-electron chi connectivity index (χ4n) is 4.51. The molecular weight excluding hydrogens is 156 g/mol. The summed E-state index contributed by atoms with van der Waals surface area (Å²) in [4.78, 5) is 0. The monoisotopic (exact) mass is 176 g/mol. The minimum Gasteiger partial charge on any atom is -0.0819 e. The van der Waals surface area contributed by atoms with Crippen LogP contribution in [0.5, 0.6) is 0 Å². The predicted octanol–water partition coefficient (Wildman–Crippen LogP) is 3.63. The Hall–Kier alpha value is -0.260. The number of allylic oxidation sites excluding steroid dienone is 2. The van der Waals surface area contributed by atoms with Crippen LogP contribution in [0.3, 0.4) is 0 Å². The molecule has 0 radical (unpaired) electrons. The van der Waals surface area contributed by atoms with Gasteiger partial charge in [-0.2, -0.15) is 0 Å². The molecule has 0 amide bonds. The van der Waals surface area contributed by atoms with Crippen LogP contribution in [0.25, 0.3) is 0 Å². The molecule has 0 heteroatoms. The summed E-state index contributed by atoms with van der Waals surface area (Å²) in [6.45, 7) is 4.81. The van der Waals surface area contributed by atoms with Gasteiger partial charge in [-0.1, -0.05) is 18.6 Å². The largest absolute Gasteiger partial charge is 0.0819 e. The lowest BCUT2D eigenvalue weighted by Crippen LogP contribution is -2.30. The molecule has 0 aromatic rings. The van der Waals surface area contributed by atoms with Gasteiger partial charge in [0.15, 0.2) is 0 Å². The van der Waals surface area contributed by atoms with Crippen molar-refractivity contribution in [3.8, 4) is 0 Å². The van der Waals surface area contributed by atoms with Gasteiger partial charge in [-0.25, -0.2) is 0 Å². The second kappa shape index (κ2) is 2.62. The van der Waals surface area contributed by atoms with Crippen LogP contribution in [-0.2, 0) is 0 Å². The summed E-state index contributed by atoms with van der Waals surface area (Å²) in [5, 5.41) is 0. The van der Waals surface area contributed by atoms with Crippen molar-refractivity contribution < 1.29 is 0 Å². The fraction of sp³-hybridized carbons (Fsp3) is 0.846. The van der Waals surface area contributed by atoms with Crippen LogP contribution in [0.4, 0.5) is 0 Å². The summed E-state index contributed by atoms with van der Waals surface area (Å²) in [6, 6.07) is 0. The number of hydrogen-bond donors (Lipinski definition) is 0. The van der Waals surface area contributed by atoms with Crippen LogP contribution in [0.1, 0.15) is 39.5 Å². The van der Waals surface area contributed by atoms with E-state index in [0.717, 1.165) is 29.6 Å². The molecule has 5 unspecified atom stereocenters. The van der Waals surface area contributed by atoms with Gasteiger partial charge in [0.1, 0.15) is 0 Å². The van der Waals surface area contributed by atoms with E-state index in [1.54, 1.807) is 18.4 Å². The van der Waals surface area contributed by atoms with Gasteiger partial charge in [0.2, 0.25) is 0 Å². The number of rotatable bonds is 0. The summed E-state index contributed by atoms with van der Waals surface area (Å²) < 4.78 is 0. The van der Waals surface area contributed by atoms with Crippen LogP contribution in [-0.4, -0.2) is 0 Å². The smallest absolute Gasteiger partial charge is 0.0169 e. The van der Waals surface area contributed by atoms with Crippen molar-refractivity contribution in [2.24, 2.45) is 29.6 Å². The van der Waals surface area contributed by atoms with E-state index in [9.17, 15) is 0 Å². The van der Waals surface area contributed by atoms with Gasteiger partial charge in [0.05, 0.1) is 0 Å². The third kappa shape index (κ3) is 1.04. The highest BCUT2D eigenvalue weighted by atomic mass is 14.5. The van der Waals surface area contributed by atoms with Gasteiger partial charge < -0.3 is 0 Å². The second-order valence-electron chi connectivity index (χ2n) is 5.68. The van der Waals surface area contributed by atoms with E-state index in [4.69, 9.17) is 0 Å². The third-order valence-electron chi connectivity index (χ3n) is 4.82. The summed E-state index contributed by atoms with van der Waals surface area (Å²) >= 11 is 0. The Balaban J connectivity index is 1.95. The zero-order valence-electron chi connectivity index (χ0n) is 8.79. The zero-order valence-corrected chi connectivity index (χ0v) is 8.79. The highest BCUT2D eigenvalue weighted by Crippen LogP contribution is 2.58. The van der Waals surface area contributed by atoms with Gasteiger partial charge in [0, 0.05) is 0 Å². The fourth-order valence-corrected chi connectivity index (χ4v) is 4.51. The Labute approximate surface area is 81.4 Å². The van der Waals surface area contributed by atoms with Crippen LogP contribution < -0.4 is 0 Å². The van der Waals surface area contributed by atoms with Gasteiger partial charge in [0.25, 0.3) is 0 Å². The highest BCUT2D eigenvalue weighted by Gasteiger charge is 2.49. The summed E-state index contributed by atoms with van der Waals surface area (Å²) in [6.07, 6.45) is 8.63. The van der Waals surface area contributed by atoms with Crippen molar-refractivity contribution in [2.45, 2.75) is 39.5 Å². The molecule has 2 saturated carbocycles. The van der Waals surface area contributed by atoms with Crippen molar-refractivity contribution in [1.82, 2.24) is 0 Å². The van der Waals surface area contributed by atoms with Crippen molar-refractivity contribution in [3.63, 3.8) is 0 Å². The molecule has 5 atom stereocenters. The molecule has 0 N–H and O–H groups in total. The van der Waals surface area contributed by atoms with Crippen molar-refractivity contribution >= 4 is 0 Å². The molecule has 0 aromatic heterocycles. The molecule has 2 fully saturated rings. The first kappa shape index (κ1) is 8.08. The molecule has 3 aliphatic rings.